The molecule has 0 bridgehead atoms. The van der Waals surface area contributed by atoms with Crippen molar-refractivity contribution in [1.82, 2.24) is 10.0 Å². The van der Waals surface area contributed by atoms with Gasteiger partial charge in [0.05, 0.1) is 6.54 Å². The van der Waals surface area contributed by atoms with Crippen LogP contribution in [0.5, 0.6) is 0 Å². The van der Waals surface area contributed by atoms with Crippen LogP contribution < -0.4 is 10.0 Å². The predicted octanol–water partition coefficient (Wildman–Crippen LogP) is 3.08. The molecule has 2 rings (SSSR count). The molecule has 2 heterocycles. The fourth-order valence-electron chi connectivity index (χ4n) is 1.62. The smallest absolute Gasteiger partial charge is 0.245 e. The summed E-state index contributed by atoms with van der Waals surface area (Å²) in [5, 5.41) is 7.00. The minimum atomic E-state index is -3.60. The monoisotopic (exact) mass is 392 g/mol. The number of rotatable bonds is 7. The number of sulfonamides is 1. The quantitative estimate of drug-likeness (QED) is 0.759. The van der Waals surface area contributed by atoms with Crippen molar-refractivity contribution in [2.75, 3.05) is 0 Å². The highest BCUT2D eigenvalue weighted by molar-refractivity contribution is 9.10. The molecule has 0 unspecified atom stereocenters. The highest BCUT2D eigenvalue weighted by Gasteiger charge is 2.22. The van der Waals surface area contributed by atoms with E-state index in [1.165, 1.54) is 17.4 Å². The first-order valence-electron chi connectivity index (χ1n) is 6.41. The Hall–Kier alpha value is -0.670. The Morgan fingerprint density at radius 1 is 1.38 bits per heavy atom. The van der Waals surface area contributed by atoms with E-state index in [9.17, 15) is 8.42 Å². The summed E-state index contributed by atoms with van der Waals surface area (Å²) in [4.78, 5) is 0.123. The summed E-state index contributed by atoms with van der Waals surface area (Å²) < 4.78 is 32.8. The maximum atomic E-state index is 12.3. The molecule has 0 saturated carbocycles. The van der Waals surface area contributed by atoms with Crippen LogP contribution in [0.1, 0.15) is 25.2 Å². The van der Waals surface area contributed by atoms with E-state index >= 15 is 0 Å². The number of halogens is 1. The normalized spacial score (nSPS) is 12.2. The summed E-state index contributed by atoms with van der Waals surface area (Å²) in [6.45, 7) is 4.77. The highest BCUT2D eigenvalue weighted by Crippen LogP contribution is 2.26. The first-order valence-corrected chi connectivity index (χ1v) is 9.62. The second kappa shape index (κ2) is 7.06. The maximum Gasteiger partial charge on any atom is 0.245 e. The minimum absolute atomic E-state index is 0.123. The first kappa shape index (κ1) is 16.7. The van der Waals surface area contributed by atoms with Crippen LogP contribution in [0, 0.1) is 0 Å². The molecule has 8 heteroatoms. The van der Waals surface area contributed by atoms with E-state index < -0.39 is 10.0 Å². The molecule has 0 saturated heterocycles. The van der Waals surface area contributed by atoms with Crippen molar-refractivity contribution >= 4 is 37.3 Å². The average molecular weight is 393 g/mol. The molecule has 0 radical (unpaired) electrons. The van der Waals surface area contributed by atoms with Gasteiger partial charge in [0, 0.05) is 18.7 Å². The Kier molecular flexibility index (Phi) is 5.61. The summed E-state index contributed by atoms with van der Waals surface area (Å²) in [6, 6.07) is 3.72. The Bertz CT molecular complexity index is 678. The maximum absolute atomic E-state index is 12.3. The van der Waals surface area contributed by atoms with Crippen molar-refractivity contribution in [2.24, 2.45) is 0 Å². The fourth-order valence-corrected chi connectivity index (χ4v) is 4.30. The van der Waals surface area contributed by atoms with Gasteiger partial charge < -0.3 is 9.73 Å². The van der Waals surface area contributed by atoms with E-state index in [1.807, 2.05) is 30.7 Å². The van der Waals surface area contributed by atoms with Gasteiger partial charge in [0.1, 0.15) is 10.7 Å². The molecule has 0 aliphatic rings. The van der Waals surface area contributed by atoms with Gasteiger partial charge in [0.25, 0.3) is 0 Å². The lowest BCUT2D eigenvalue weighted by Gasteiger charge is -2.04. The van der Waals surface area contributed by atoms with E-state index in [-0.39, 0.29) is 16.1 Å². The van der Waals surface area contributed by atoms with Gasteiger partial charge in [-0.2, -0.15) is 11.3 Å². The molecule has 2 aromatic heterocycles. The van der Waals surface area contributed by atoms with E-state index in [0.717, 1.165) is 5.56 Å². The molecular formula is C13H17BrN2O3S2. The number of thiophene rings is 1. The molecule has 2 aromatic rings. The van der Waals surface area contributed by atoms with Crippen LogP contribution in [0.2, 0.25) is 0 Å². The molecule has 0 fully saturated rings. The lowest BCUT2D eigenvalue weighted by atomic mass is 10.3. The fraction of sp³-hybridized carbons (Fsp3) is 0.385. The van der Waals surface area contributed by atoms with E-state index in [2.05, 4.69) is 26.0 Å². The zero-order chi connectivity index (χ0) is 15.5. The molecule has 0 spiro atoms. The van der Waals surface area contributed by atoms with Crippen molar-refractivity contribution in [2.45, 2.75) is 37.9 Å². The van der Waals surface area contributed by atoms with Crippen LogP contribution >= 0.6 is 27.3 Å². The number of hydrogen-bond acceptors (Lipinski definition) is 5. The first-order chi connectivity index (χ1) is 9.88. The molecule has 0 atom stereocenters. The Balaban J connectivity index is 2.08. The Morgan fingerprint density at radius 3 is 2.76 bits per heavy atom. The second-order valence-electron chi connectivity index (χ2n) is 4.84. The van der Waals surface area contributed by atoms with Crippen molar-refractivity contribution < 1.29 is 12.8 Å². The van der Waals surface area contributed by atoms with Gasteiger partial charge in [-0.25, -0.2) is 13.1 Å². The van der Waals surface area contributed by atoms with Crippen LogP contribution in [-0.2, 0) is 23.1 Å². The zero-order valence-corrected chi connectivity index (χ0v) is 14.9. The lowest BCUT2D eigenvalue weighted by molar-refractivity contribution is 0.447. The number of nitrogens with one attached hydrogen (secondary N) is 2. The van der Waals surface area contributed by atoms with E-state index in [4.69, 9.17) is 4.42 Å². The average Bonchev–Trinajstić information content (AvgIpc) is 3.03. The van der Waals surface area contributed by atoms with Crippen molar-refractivity contribution in [3.8, 4) is 0 Å². The summed E-state index contributed by atoms with van der Waals surface area (Å²) in [6.07, 6.45) is 0. The Labute approximate surface area is 136 Å². The second-order valence-corrected chi connectivity index (χ2v) is 8.08. The van der Waals surface area contributed by atoms with Gasteiger partial charge in [0.15, 0.2) is 4.67 Å². The number of furan rings is 1. The van der Waals surface area contributed by atoms with E-state index in [0.29, 0.717) is 18.3 Å². The molecular weight excluding hydrogens is 376 g/mol. The molecule has 0 amide bonds. The van der Waals surface area contributed by atoms with Gasteiger partial charge in [-0.3, -0.25) is 0 Å². The van der Waals surface area contributed by atoms with Gasteiger partial charge in [0.2, 0.25) is 10.0 Å². The van der Waals surface area contributed by atoms with Crippen molar-refractivity contribution in [3.63, 3.8) is 0 Å². The summed E-state index contributed by atoms with van der Waals surface area (Å²) in [7, 11) is -3.60. The van der Waals surface area contributed by atoms with Crippen molar-refractivity contribution in [1.29, 1.82) is 0 Å². The van der Waals surface area contributed by atoms with Gasteiger partial charge in [-0.15, -0.1) is 0 Å². The molecule has 0 aliphatic heterocycles. The molecule has 0 aromatic carbocycles. The third-order valence-corrected chi connectivity index (χ3v) is 5.72. The van der Waals surface area contributed by atoms with Crippen LogP contribution in [0.4, 0.5) is 0 Å². The minimum Gasteiger partial charge on any atom is -0.452 e. The molecule has 5 nitrogen and oxygen atoms in total. The van der Waals surface area contributed by atoms with Crippen LogP contribution in [0.3, 0.4) is 0 Å². The van der Waals surface area contributed by atoms with Crippen molar-refractivity contribution in [3.05, 3.63) is 38.9 Å². The SMILES string of the molecule is CC(C)NCc1cc(S(=O)(=O)NCc2ccsc2)c(Br)o1. The van der Waals surface area contributed by atoms with Crippen LogP contribution in [0.15, 0.2) is 36.9 Å². The summed E-state index contributed by atoms with van der Waals surface area (Å²) in [5.74, 6) is 0.575. The Morgan fingerprint density at radius 2 is 2.14 bits per heavy atom. The number of hydrogen-bond donors (Lipinski definition) is 2. The van der Waals surface area contributed by atoms with Crippen LogP contribution in [-0.4, -0.2) is 14.5 Å². The summed E-state index contributed by atoms with van der Waals surface area (Å²) >= 11 is 4.70. The highest BCUT2D eigenvalue weighted by atomic mass is 79.9. The third kappa shape index (κ3) is 4.65. The zero-order valence-electron chi connectivity index (χ0n) is 11.7. The predicted molar refractivity (Wildman–Crippen MR) is 86.7 cm³/mol. The molecule has 21 heavy (non-hydrogen) atoms. The standard InChI is InChI=1S/C13H17BrN2O3S2/c1-9(2)15-7-11-5-12(13(14)19-11)21(17,18)16-6-10-3-4-20-8-10/h3-5,8-9,15-16H,6-7H2,1-2H3. The summed E-state index contributed by atoms with van der Waals surface area (Å²) in [5.41, 5.74) is 0.935. The molecule has 116 valence electrons. The van der Waals surface area contributed by atoms with E-state index in [1.54, 1.807) is 0 Å². The van der Waals surface area contributed by atoms with Gasteiger partial charge in [-0.05, 0) is 38.3 Å². The third-order valence-electron chi connectivity index (χ3n) is 2.73. The van der Waals surface area contributed by atoms with Gasteiger partial charge in [-0.1, -0.05) is 13.8 Å². The van der Waals surface area contributed by atoms with Crippen LogP contribution in [0.25, 0.3) is 0 Å². The molecule has 0 aliphatic carbocycles. The topological polar surface area (TPSA) is 71.3 Å². The molecule has 2 N–H and O–H groups in total. The lowest BCUT2D eigenvalue weighted by Crippen LogP contribution is -2.23. The largest absolute Gasteiger partial charge is 0.452 e. The van der Waals surface area contributed by atoms with Gasteiger partial charge >= 0.3 is 0 Å².